The number of hydrogen-bond acceptors (Lipinski definition) is 1. The van der Waals surface area contributed by atoms with Crippen LogP contribution in [0.1, 0.15) is 20.3 Å². The summed E-state index contributed by atoms with van der Waals surface area (Å²) < 4.78 is 1.28. The highest BCUT2D eigenvalue weighted by Crippen LogP contribution is 2.13. The van der Waals surface area contributed by atoms with Crippen molar-refractivity contribution in [2.24, 2.45) is 0 Å². The molecule has 0 aliphatic rings. The normalized spacial score (nSPS) is 12.6. The van der Waals surface area contributed by atoms with Crippen molar-refractivity contribution in [2.75, 3.05) is 5.32 Å². The largest absolute Gasteiger partial charge is 0.383 e. The predicted molar refractivity (Wildman–Crippen MR) is 62.5 cm³/mol. The molecule has 1 unspecified atom stereocenters. The molecule has 1 atom stereocenters. The Labute approximate surface area is 87.7 Å². The molecule has 1 aromatic rings. The zero-order chi connectivity index (χ0) is 8.97. The highest BCUT2D eigenvalue weighted by Gasteiger charge is 1.97. The Morgan fingerprint density at radius 2 is 2.25 bits per heavy atom. The van der Waals surface area contributed by atoms with Crippen LogP contribution in [0.3, 0.4) is 0 Å². The Bertz CT molecular complexity index is 247. The van der Waals surface area contributed by atoms with Crippen LogP contribution in [-0.4, -0.2) is 6.04 Å². The minimum atomic E-state index is 0.559. The molecule has 2 heteroatoms. The van der Waals surface area contributed by atoms with Gasteiger partial charge >= 0.3 is 0 Å². The van der Waals surface area contributed by atoms with Crippen molar-refractivity contribution in [3.8, 4) is 0 Å². The molecule has 0 amide bonds. The second-order valence-electron chi connectivity index (χ2n) is 2.96. The monoisotopic (exact) mass is 275 g/mol. The minimum Gasteiger partial charge on any atom is -0.383 e. The number of benzene rings is 1. The van der Waals surface area contributed by atoms with Crippen LogP contribution in [0.25, 0.3) is 0 Å². The van der Waals surface area contributed by atoms with Gasteiger partial charge in [-0.25, -0.2) is 0 Å². The molecule has 66 valence electrons. The van der Waals surface area contributed by atoms with E-state index in [0.29, 0.717) is 6.04 Å². The molecule has 1 N–H and O–H groups in total. The third-order valence-corrected chi connectivity index (χ3v) is 2.52. The first-order valence-electron chi connectivity index (χ1n) is 4.24. The second kappa shape index (κ2) is 4.70. The van der Waals surface area contributed by atoms with Crippen molar-refractivity contribution in [3.63, 3.8) is 0 Å². The van der Waals surface area contributed by atoms with Gasteiger partial charge in [-0.1, -0.05) is 13.0 Å². The standard InChI is InChI=1S/C10H14IN/c1-3-8(2)12-10-6-4-5-9(11)7-10/h4-8,12H,3H2,1-2H3. The fourth-order valence-corrected chi connectivity index (χ4v) is 1.51. The lowest BCUT2D eigenvalue weighted by Crippen LogP contribution is -2.13. The van der Waals surface area contributed by atoms with Gasteiger partial charge in [0.15, 0.2) is 0 Å². The summed E-state index contributed by atoms with van der Waals surface area (Å²) in [6, 6.07) is 9.00. The van der Waals surface area contributed by atoms with E-state index in [-0.39, 0.29) is 0 Å². The Hall–Kier alpha value is -0.250. The summed E-state index contributed by atoms with van der Waals surface area (Å²) in [5.41, 5.74) is 1.22. The van der Waals surface area contributed by atoms with Crippen LogP contribution in [0.2, 0.25) is 0 Å². The molecular weight excluding hydrogens is 261 g/mol. The van der Waals surface area contributed by atoms with Gasteiger partial charge in [0.25, 0.3) is 0 Å². The molecule has 0 aliphatic carbocycles. The first kappa shape index (κ1) is 9.84. The quantitative estimate of drug-likeness (QED) is 0.832. The van der Waals surface area contributed by atoms with Gasteiger partial charge in [-0.15, -0.1) is 0 Å². The van der Waals surface area contributed by atoms with Crippen molar-refractivity contribution in [1.82, 2.24) is 0 Å². The molecule has 0 aromatic heterocycles. The van der Waals surface area contributed by atoms with Gasteiger partial charge in [-0.05, 0) is 54.1 Å². The summed E-state index contributed by atoms with van der Waals surface area (Å²) >= 11 is 2.32. The van der Waals surface area contributed by atoms with Gasteiger partial charge in [0.05, 0.1) is 0 Å². The van der Waals surface area contributed by atoms with Gasteiger partial charge < -0.3 is 5.32 Å². The maximum Gasteiger partial charge on any atom is 0.0352 e. The average Bonchev–Trinajstić information content (AvgIpc) is 2.04. The molecule has 0 saturated carbocycles. The van der Waals surface area contributed by atoms with Crippen molar-refractivity contribution in [1.29, 1.82) is 0 Å². The zero-order valence-corrected chi connectivity index (χ0v) is 9.63. The van der Waals surface area contributed by atoms with Crippen molar-refractivity contribution in [2.45, 2.75) is 26.3 Å². The summed E-state index contributed by atoms with van der Waals surface area (Å²) in [6.45, 7) is 4.38. The first-order valence-corrected chi connectivity index (χ1v) is 5.32. The fourth-order valence-electron chi connectivity index (χ4n) is 0.965. The van der Waals surface area contributed by atoms with Gasteiger partial charge in [-0.3, -0.25) is 0 Å². The van der Waals surface area contributed by atoms with E-state index in [9.17, 15) is 0 Å². The number of rotatable bonds is 3. The number of nitrogens with one attached hydrogen (secondary N) is 1. The van der Waals surface area contributed by atoms with Crippen LogP contribution < -0.4 is 5.32 Å². The lowest BCUT2D eigenvalue weighted by molar-refractivity contribution is 0.764. The Kier molecular flexibility index (Phi) is 3.85. The second-order valence-corrected chi connectivity index (χ2v) is 4.21. The molecule has 0 radical (unpaired) electrons. The van der Waals surface area contributed by atoms with Crippen LogP contribution in [-0.2, 0) is 0 Å². The van der Waals surface area contributed by atoms with E-state index in [2.05, 4.69) is 66.0 Å². The predicted octanol–water partition coefficient (Wildman–Crippen LogP) is 3.50. The lowest BCUT2D eigenvalue weighted by Gasteiger charge is -2.12. The van der Waals surface area contributed by atoms with E-state index in [1.807, 2.05) is 0 Å². The summed E-state index contributed by atoms with van der Waals surface area (Å²) in [7, 11) is 0. The van der Waals surface area contributed by atoms with Gasteiger partial charge in [-0.2, -0.15) is 0 Å². The lowest BCUT2D eigenvalue weighted by atomic mass is 10.2. The van der Waals surface area contributed by atoms with Gasteiger partial charge in [0, 0.05) is 15.3 Å². The molecule has 0 spiro atoms. The molecule has 1 aromatic carbocycles. The van der Waals surface area contributed by atoms with Crippen molar-refractivity contribution in [3.05, 3.63) is 27.8 Å². The van der Waals surface area contributed by atoms with E-state index >= 15 is 0 Å². The van der Waals surface area contributed by atoms with Crippen LogP contribution in [0.15, 0.2) is 24.3 Å². The van der Waals surface area contributed by atoms with Gasteiger partial charge in [0.2, 0.25) is 0 Å². The third-order valence-electron chi connectivity index (χ3n) is 1.85. The molecule has 1 rings (SSSR count). The van der Waals surface area contributed by atoms with Crippen LogP contribution in [0, 0.1) is 3.57 Å². The van der Waals surface area contributed by atoms with E-state index in [1.54, 1.807) is 0 Å². The summed E-state index contributed by atoms with van der Waals surface area (Å²) in [5, 5.41) is 3.43. The van der Waals surface area contributed by atoms with E-state index in [4.69, 9.17) is 0 Å². The summed E-state index contributed by atoms with van der Waals surface area (Å²) in [6.07, 6.45) is 1.16. The van der Waals surface area contributed by atoms with E-state index in [1.165, 1.54) is 9.26 Å². The molecule has 0 aliphatic heterocycles. The first-order chi connectivity index (χ1) is 5.72. The molecule has 0 fully saturated rings. The molecule has 12 heavy (non-hydrogen) atoms. The van der Waals surface area contributed by atoms with Crippen LogP contribution in [0.4, 0.5) is 5.69 Å². The highest BCUT2D eigenvalue weighted by molar-refractivity contribution is 14.1. The number of hydrogen-bond donors (Lipinski definition) is 1. The minimum absolute atomic E-state index is 0.559. The molecule has 0 heterocycles. The average molecular weight is 275 g/mol. The Morgan fingerprint density at radius 3 is 2.83 bits per heavy atom. The van der Waals surface area contributed by atoms with E-state index < -0.39 is 0 Å². The smallest absolute Gasteiger partial charge is 0.0352 e. The van der Waals surface area contributed by atoms with Gasteiger partial charge in [0.1, 0.15) is 0 Å². The summed E-state index contributed by atoms with van der Waals surface area (Å²) in [4.78, 5) is 0. The third kappa shape index (κ3) is 3.01. The fraction of sp³-hybridized carbons (Fsp3) is 0.400. The van der Waals surface area contributed by atoms with E-state index in [0.717, 1.165) is 6.42 Å². The Morgan fingerprint density at radius 1 is 1.50 bits per heavy atom. The molecule has 0 saturated heterocycles. The van der Waals surface area contributed by atoms with Crippen molar-refractivity contribution >= 4 is 28.3 Å². The SMILES string of the molecule is CCC(C)Nc1cccc(I)c1. The molecule has 0 bridgehead atoms. The van der Waals surface area contributed by atoms with Crippen LogP contribution >= 0.6 is 22.6 Å². The Balaban J connectivity index is 2.63. The number of halogens is 1. The highest BCUT2D eigenvalue weighted by atomic mass is 127. The van der Waals surface area contributed by atoms with Crippen molar-refractivity contribution < 1.29 is 0 Å². The maximum atomic E-state index is 3.43. The van der Waals surface area contributed by atoms with Crippen LogP contribution in [0.5, 0.6) is 0 Å². The molecular formula is C10H14IN. The summed E-state index contributed by atoms with van der Waals surface area (Å²) in [5.74, 6) is 0. The zero-order valence-electron chi connectivity index (χ0n) is 7.47. The number of anilines is 1. The topological polar surface area (TPSA) is 12.0 Å². The molecule has 1 nitrogen and oxygen atoms in total. The maximum absolute atomic E-state index is 3.43.